The molecule has 186 valence electrons. The van der Waals surface area contributed by atoms with Crippen molar-refractivity contribution in [1.29, 1.82) is 0 Å². The van der Waals surface area contributed by atoms with Gasteiger partial charge in [-0.1, -0.05) is 12.1 Å². The van der Waals surface area contributed by atoms with Gasteiger partial charge in [-0.3, -0.25) is 9.80 Å². The minimum absolute atomic E-state index is 0.233. The SMILES string of the molecule is Cc1nc(C2(C)CCN(C(=O)OC3[C@@H](N4CCN(C(C)C)CC4)CCCC3(F)F)CC2)no1. The van der Waals surface area contributed by atoms with Gasteiger partial charge in [0.15, 0.2) is 11.9 Å². The van der Waals surface area contributed by atoms with E-state index >= 15 is 0 Å². The molecule has 4 rings (SSSR count). The highest BCUT2D eigenvalue weighted by molar-refractivity contribution is 5.68. The number of alkyl halides is 2. The van der Waals surface area contributed by atoms with Crippen molar-refractivity contribution in [2.24, 2.45) is 0 Å². The van der Waals surface area contributed by atoms with Gasteiger partial charge in [0.2, 0.25) is 5.89 Å². The molecule has 1 aromatic heterocycles. The van der Waals surface area contributed by atoms with Crippen LogP contribution in [-0.2, 0) is 10.2 Å². The summed E-state index contributed by atoms with van der Waals surface area (Å²) in [5.74, 6) is -1.87. The maximum atomic E-state index is 15.0. The molecule has 0 aromatic carbocycles. The van der Waals surface area contributed by atoms with Gasteiger partial charge in [0.25, 0.3) is 5.92 Å². The maximum absolute atomic E-state index is 15.0. The lowest BCUT2D eigenvalue weighted by Gasteiger charge is -2.47. The molecule has 10 heteroatoms. The molecule has 0 N–H and O–H groups in total. The number of nitrogens with zero attached hydrogens (tertiary/aromatic N) is 5. The Hall–Kier alpha value is -1.81. The first-order valence-corrected chi connectivity index (χ1v) is 12.2. The van der Waals surface area contributed by atoms with E-state index in [9.17, 15) is 13.6 Å². The molecule has 0 spiro atoms. The minimum atomic E-state index is -3.01. The quantitative estimate of drug-likeness (QED) is 0.669. The van der Waals surface area contributed by atoms with Crippen LogP contribution in [-0.4, -0.2) is 94.3 Å². The smallest absolute Gasteiger partial charge is 0.410 e. The molecule has 1 aliphatic carbocycles. The van der Waals surface area contributed by atoms with E-state index in [0.717, 1.165) is 26.2 Å². The van der Waals surface area contributed by atoms with Crippen molar-refractivity contribution in [2.75, 3.05) is 39.3 Å². The Kier molecular flexibility index (Phi) is 6.96. The van der Waals surface area contributed by atoms with E-state index in [1.807, 2.05) is 6.92 Å². The van der Waals surface area contributed by atoms with Crippen LogP contribution >= 0.6 is 0 Å². The Bertz CT molecular complexity index is 817. The summed E-state index contributed by atoms with van der Waals surface area (Å²) in [6.45, 7) is 12.1. The van der Waals surface area contributed by atoms with Crippen LogP contribution in [0.1, 0.15) is 64.6 Å². The van der Waals surface area contributed by atoms with Crippen LogP contribution in [0.5, 0.6) is 0 Å². The van der Waals surface area contributed by atoms with Crippen LogP contribution in [0.4, 0.5) is 13.6 Å². The van der Waals surface area contributed by atoms with Gasteiger partial charge >= 0.3 is 6.09 Å². The summed E-state index contributed by atoms with van der Waals surface area (Å²) in [6, 6.07) is -0.000837. The molecule has 1 saturated carbocycles. The van der Waals surface area contributed by atoms with Crippen LogP contribution in [0.3, 0.4) is 0 Å². The lowest BCUT2D eigenvalue weighted by Crippen LogP contribution is -2.61. The van der Waals surface area contributed by atoms with E-state index in [0.29, 0.717) is 56.5 Å². The zero-order chi connectivity index (χ0) is 23.8. The first-order valence-electron chi connectivity index (χ1n) is 12.2. The van der Waals surface area contributed by atoms with E-state index < -0.39 is 24.2 Å². The summed E-state index contributed by atoms with van der Waals surface area (Å²) in [6.07, 6.45) is 0.0529. The van der Waals surface area contributed by atoms with Crippen LogP contribution in [0.15, 0.2) is 4.52 Å². The third-order valence-corrected chi connectivity index (χ3v) is 7.74. The number of aromatic nitrogens is 2. The van der Waals surface area contributed by atoms with Crippen LogP contribution in [0.25, 0.3) is 0 Å². The highest BCUT2D eigenvalue weighted by Crippen LogP contribution is 2.39. The molecule has 3 heterocycles. The highest BCUT2D eigenvalue weighted by Gasteiger charge is 2.52. The standard InChI is InChI=1S/C23H37F2N5O3/c1-16(2)28-12-14-29(15-13-28)18-6-5-7-23(24,25)19(18)32-21(31)30-10-8-22(4,9-11-30)20-26-17(3)33-27-20/h16,18-19H,5-15H2,1-4H3/t18-,19?/m0/s1. The summed E-state index contributed by atoms with van der Waals surface area (Å²) < 4.78 is 40.7. The molecule has 3 fully saturated rings. The van der Waals surface area contributed by atoms with Gasteiger partial charge in [-0.25, -0.2) is 13.6 Å². The summed E-state index contributed by atoms with van der Waals surface area (Å²) in [7, 11) is 0. The molecule has 0 radical (unpaired) electrons. The number of aryl methyl sites for hydroxylation is 1. The fourth-order valence-corrected chi connectivity index (χ4v) is 5.38. The number of hydrogen-bond acceptors (Lipinski definition) is 7. The summed E-state index contributed by atoms with van der Waals surface area (Å²) >= 11 is 0. The molecule has 2 atom stereocenters. The lowest BCUT2D eigenvalue weighted by atomic mass is 9.80. The number of likely N-dealkylation sites (tertiary alicyclic amines) is 1. The fourth-order valence-electron chi connectivity index (χ4n) is 5.38. The van der Waals surface area contributed by atoms with Gasteiger partial charge in [0.1, 0.15) is 0 Å². The van der Waals surface area contributed by atoms with Crippen molar-refractivity contribution in [3.63, 3.8) is 0 Å². The molecule has 2 saturated heterocycles. The monoisotopic (exact) mass is 469 g/mol. The van der Waals surface area contributed by atoms with Crippen molar-refractivity contribution in [2.45, 2.75) is 89.3 Å². The van der Waals surface area contributed by atoms with Gasteiger partial charge in [-0.05, 0) is 39.5 Å². The Labute approximate surface area is 194 Å². The fraction of sp³-hybridized carbons (Fsp3) is 0.870. The first-order chi connectivity index (χ1) is 15.6. The molecular weight excluding hydrogens is 432 g/mol. The number of rotatable bonds is 4. The number of hydrogen-bond donors (Lipinski definition) is 0. The van der Waals surface area contributed by atoms with Crippen molar-refractivity contribution in [3.05, 3.63) is 11.7 Å². The number of carbonyl (C=O) groups excluding carboxylic acids is 1. The van der Waals surface area contributed by atoms with E-state index in [1.54, 1.807) is 11.8 Å². The Balaban J connectivity index is 1.38. The maximum Gasteiger partial charge on any atom is 0.410 e. The van der Waals surface area contributed by atoms with E-state index in [2.05, 4.69) is 33.8 Å². The number of carbonyl (C=O) groups is 1. The zero-order valence-corrected chi connectivity index (χ0v) is 20.2. The van der Waals surface area contributed by atoms with E-state index in [-0.39, 0.29) is 11.8 Å². The molecule has 3 aliphatic rings. The normalized spacial score (nSPS) is 28.8. The third-order valence-electron chi connectivity index (χ3n) is 7.74. The van der Waals surface area contributed by atoms with Crippen LogP contribution in [0.2, 0.25) is 0 Å². The number of halogens is 2. The summed E-state index contributed by atoms with van der Waals surface area (Å²) in [5, 5.41) is 4.04. The molecule has 33 heavy (non-hydrogen) atoms. The van der Waals surface area contributed by atoms with E-state index in [4.69, 9.17) is 9.26 Å². The van der Waals surface area contributed by atoms with Crippen molar-refractivity contribution < 1.29 is 22.8 Å². The van der Waals surface area contributed by atoms with Gasteiger partial charge in [-0.15, -0.1) is 0 Å². The van der Waals surface area contributed by atoms with Crippen LogP contribution < -0.4 is 0 Å². The second kappa shape index (κ2) is 9.44. The highest BCUT2D eigenvalue weighted by atomic mass is 19.3. The molecule has 0 bridgehead atoms. The third kappa shape index (κ3) is 5.16. The van der Waals surface area contributed by atoms with Gasteiger partial charge in [0, 0.05) is 64.1 Å². The molecule has 8 nitrogen and oxygen atoms in total. The van der Waals surface area contributed by atoms with Crippen molar-refractivity contribution in [3.8, 4) is 0 Å². The van der Waals surface area contributed by atoms with Gasteiger partial charge in [-0.2, -0.15) is 4.98 Å². The molecule has 2 aliphatic heterocycles. The molecule has 1 amide bonds. The van der Waals surface area contributed by atoms with Gasteiger partial charge < -0.3 is 14.2 Å². The number of piperidine rings is 1. The average Bonchev–Trinajstić information content (AvgIpc) is 3.22. The molecule has 1 aromatic rings. The lowest BCUT2D eigenvalue weighted by molar-refractivity contribution is -0.170. The second-order valence-electron chi connectivity index (χ2n) is 10.4. The Morgan fingerprint density at radius 3 is 2.36 bits per heavy atom. The van der Waals surface area contributed by atoms with E-state index in [1.165, 1.54) is 0 Å². The summed E-state index contributed by atoms with van der Waals surface area (Å²) in [4.78, 5) is 23.3. The largest absolute Gasteiger partial charge is 0.438 e. The Morgan fingerprint density at radius 2 is 1.79 bits per heavy atom. The van der Waals surface area contributed by atoms with Crippen molar-refractivity contribution >= 4 is 6.09 Å². The first kappa shape index (κ1) is 24.3. The summed E-state index contributed by atoms with van der Waals surface area (Å²) in [5.41, 5.74) is -0.304. The molecular formula is C23H37F2N5O3. The van der Waals surface area contributed by atoms with Crippen molar-refractivity contribution in [1.82, 2.24) is 24.8 Å². The minimum Gasteiger partial charge on any atom is -0.438 e. The topological polar surface area (TPSA) is 74.9 Å². The number of amides is 1. The second-order valence-corrected chi connectivity index (χ2v) is 10.4. The zero-order valence-electron chi connectivity index (χ0n) is 20.2. The Morgan fingerprint density at radius 1 is 1.12 bits per heavy atom. The predicted octanol–water partition coefficient (Wildman–Crippen LogP) is 3.45. The average molecular weight is 470 g/mol. The number of ether oxygens (including phenoxy) is 1. The molecule has 1 unspecified atom stereocenters. The number of piperazine rings is 1. The predicted molar refractivity (Wildman–Crippen MR) is 118 cm³/mol. The van der Waals surface area contributed by atoms with Gasteiger partial charge in [0.05, 0.1) is 6.04 Å². The van der Waals surface area contributed by atoms with Crippen LogP contribution in [0, 0.1) is 6.92 Å².